The summed E-state index contributed by atoms with van der Waals surface area (Å²) in [6.07, 6.45) is 14.9. The zero-order valence-corrected chi connectivity index (χ0v) is 13.9. The molecular formula is C19H34N2. The minimum absolute atomic E-state index is 0.426. The SMILES string of the molecule is CC1(C2CC2)CN(CC2CCC2)C(C2CCCCC2)CN1. The minimum atomic E-state index is 0.426. The van der Waals surface area contributed by atoms with Gasteiger partial charge in [-0.1, -0.05) is 25.7 Å². The van der Waals surface area contributed by atoms with Crippen molar-refractivity contribution in [1.29, 1.82) is 0 Å². The Bertz CT molecular complexity index is 355. The molecule has 4 rings (SSSR count). The van der Waals surface area contributed by atoms with Crippen LogP contribution in [0.2, 0.25) is 0 Å². The molecule has 1 saturated heterocycles. The summed E-state index contributed by atoms with van der Waals surface area (Å²) in [4.78, 5) is 2.95. The van der Waals surface area contributed by atoms with E-state index in [0.717, 1.165) is 23.8 Å². The van der Waals surface area contributed by atoms with E-state index >= 15 is 0 Å². The summed E-state index contributed by atoms with van der Waals surface area (Å²) < 4.78 is 0. The molecule has 3 saturated carbocycles. The maximum Gasteiger partial charge on any atom is 0.0309 e. The molecule has 0 bridgehead atoms. The molecular weight excluding hydrogens is 256 g/mol. The van der Waals surface area contributed by atoms with Crippen molar-refractivity contribution in [3.05, 3.63) is 0 Å². The van der Waals surface area contributed by atoms with Gasteiger partial charge in [0.2, 0.25) is 0 Å². The van der Waals surface area contributed by atoms with Crippen LogP contribution in [0.5, 0.6) is 0 Å². The van der Waals surface area contributed by atoms with E-state index in [1.54, 1.807) is 0 Å². The van der Waals surface area contributed by atoms with Crippen LogP contribution in [0.4, 0.5) is 0 Å². The molecule has 21 heavy (non-hydrogen) atoms. The third kappa shape index (κ3) is 3.03. The molecule has 2 unspecified atom stereocenters. The lowest BCUT2D eigenvalue weighted by molar-refractivity contribution is 0.0139. The van der Waals surface area contributed by atoms with Gasteiger partial charge in [0.1, 0.15) is 0 Å². The van der Waals surface area contributed by atoms with Crippen molar-refractivity contribution >= 4 is 0 Å². The smallest absolute Gasteiger partial charge is 0.0309 e. The number of piperazine rings is 1. The van der Waals surface area contributed by atoms with Gasteiger partial charge >= 0.3 is 0 Å². The van der Waals surface area contributed by atoms with Crippen molar-refractivity contribution in [1.82, 2.24) is 10.2 Å². The number of rotatable bonds is 4. The van der Waals surface area contributed by atoms with Crippen LogP contribution in [0.15, 0.2) is 0 Å². The van der Waals surface area contributed by atoms with Gasteiger partial charge in [0, 0.05) is 31.2 Å². The number of nitrogens with zero attached hydrogens (tertiary/aromatic N) is 1. The lowest BCUT2D eigenvalue weighted by Crippen LogP contribution is -2.66. The Balaban J connectivity index is 1.45. The van der Waals surface area contributed by atoms with E-state index in [1.165, 1.54) is 83.8 Å². The maximum atomic E-state index is 4.00. The van der Waals surface area contributed by atoms with Gasteiger partial charge in [0.05, 0.1) is 0 Å². The Labute approximate surface area is 131 Å². The van der Waals surface area contributed by atoms with Gasteiger partial charge in [-0.3, -0.25) is 4.90 Å². The minimum Gasteiger partial charge on any atom is -0.308 e. The monoisotopic (exact) mass is 290 g/mol. The molecule has 1 N–H and O–H groups in total. The summed E-state index contributed by atoms with van der Waals surface area (Å²) in [5.74, 6) is 2.97. The van der Waals surface area contributed by atoms with Crippen molar-refractivity contribution in [2.75, 3.05) is 19.6 Å². The fraction of sp³-hybridized carbons (Fsp3) is 1.00. The molecule has 1 aliphatic heterocycles. The highest BCUT2D eigenvalue weighted by Crippen LogP contribution is 2.43. The molecule has 3 aliphatic carbocycles. The molecule has 120 valence electrons. The van der Waals surface area contributed by atoms with Crippen molar-refractivity contribution in [2.45, 2.75) is 82.7 Å². The quantitative estimate of drug-likeness (QED) is 0.847. The van der Waals surface area contributed by atoms with Crippen LogP contribution in [0, 0.1) is 17.8 Å². The molecule has 0 aromatic rings. The van der Waals surface area contributed by atoms with Crippen molar-refractivity contribution in [3.8, 4) is 0 Å². The standard InChI is InChI=1S/C19H34N2/c1-19(17-10-11-17)14-21(13-15-6-5-7-15)18(12-20-19)16-8-3-2-4-9-16/h15-18,20H,2-14H2,1H3. The van der Waals surface area contributed by atoms with Crippen LogP contribution >= 0.6 is 0 Å². The van der Waals surface area contributed by atoms with Gasteiger partial charge < -0.3 is 5.32 Å². The van der Waals surface area contributed by atoms with E-state index in [1.807, 2.05) is 0 Å². The normalized spacial score (nSPS) is 40.1. The summed E-state index contributed by atoms with van der Waals surface area (Å²) in [6.45, 7) is 6.51. The van der Waals surface area contributed by atoms with E-state index in [0.29, 0.717) is 5.54 Å². The Hall–Kier alpha value is -0.0800. The Morgan fingerprint density at radius 3 is 2.33 bits per heavy atom. The van der Waals surface area contributed by atoms with Crippen LogP contribution < -0.4 is 5.32 Å². The van der Waals surface area contributed by atoms with E-state index in [9.17, 15) is 0 Å². The van der Waals surface area contributed by atoms with Crippen molar-refractivity contribution in [2.24, 2.45) is 17.8 Å². The molecule has 2 heteroatoms. The van der Waals surface area contributed by atoms with Gasteiger partial charge in [-0.25, -0.2) is 0 Å². The Morgan fingerprint density at radius 2 is 1.71 bits per heavy atom. The summed E-state index contributed by atoms with van der Waals surface area (Å²) in [7, 11) is 0. The van der Waals surface area contributed by atoms with Crippen LogP contribution in [-0.2, 0) is 0 Å². The first-order chi connectivity index (χ1) is 10.2. The summed E-state index contributed by atoms with van der Waals surface area (Å²) in [5.41, 5.74) is 0.426. The highest BCUT2D eigenvalue weighted by Gasteiger charge is 2.47. The molecule has 0 radical (unpaired) electrons. The second-order valence-corrected chi connectivity index (χ2v) is 8.76. The highest BCUT2D eigenvalue weighted by molar-refractivity contribution is 5.05. The summed E-state index contributed by atoms with van der Waals surface area (Å²) in [6, 6.07) is 0.845. The first-order valence-corrected chi connectivity index (χ1v) is 9.74. The zero-order valence-electron chi connectivity index (χ0n) is 13.9. The third-order valence-electron chi connectivity index (χ3n) is 7.11. The number of hydrogen-bond donors (Lipinski definition) is 1. The molecule has 1 heterocycles. The molecule has 0 amide bonds. The second kappa shape index (κ2) is 5.85. The van der Waals surface area contributed by atoms with E-state index in [4.69, 9.17) is 0 Å². The van der Waals surface area contributed by atoms with Gasteiger partial charge in [0.25, 0.3) is 0 Å². The van der Waals surface area contributed by atoms with Crippen LogP contribution in [-0.4, -0.2) is 36.1 Å². The number of hydrogen-bond acceptors (Lipinski definition) is 2. The summed E-state index contributed by atoms with van der Waals surface area (Å²) >= 11 is 0. The topological polar surface area (TPSA) is 15.3 Å². The van der Waals surface area contributed by atoms with Gasteiger partial charge in [-0.05, 0) is 63.2 Å². The largest absolute Gasteiger partial charge is 0.308 e. The predicted molar refractivity (Wildman–Crippen MR) is 88.4 cm³/mol. The van der Waals surface area contributed by atoms with E-state index in [-0.39, 0.29) is 0 Å². The van der Waals surface area contributed by atoms with Crippen LogP contribution in [0.25, 0.3) is 0 Å². The summed E-state index contributed by atoms with van der Waals surface area (Å²) in [5, 5.41) is 4.00. The maximum absolute atomic E-state index is 4.00. The van der Waals surface area contributed by atoms with Gasteiger partial charge in [0.15, 0.2) is 0 Å². The Kier molecular flexibility index (Phi) is 4.04. The predicted octanol–water partition coefficient (Wildman–Crippen LogP) is 3.81. The number of nitrogens with one attached hydrogen (secondary N) is 1. The fourth-order valence-electron chi connectivity index (χ4n) is 5.25. The lowest BCUT2D eigenvalue weighted by atomic mass is 9.78. The van der Waals surface area contributed by atoms with Crippen LogP contribution in [0.3, 0.4) is 0 Å². The molecule has 0 spiro atoms. The molecule has 0 aromatic heterocycles. The van der Waals surface area contributed by atoms with Crippen molar-refractivity contribution < 1.29 is 0 Å². The average molecular weight is 290 g/mol. The molecule has 2 atom stereocenters. The first-order valence-electron chi connectivity index (χ1n) is 9.74. The molecule has 4 fully saturated rings. The Morgan fingerprint density at radius 1 is 0.952 bits per heavy atom. The average Bonchev–Trinajstić information content (AvgIpc) is 3.29. The third-order valence-corrected chi connectivity index (χ3v) is 7.11. The molecule has 0 aromatic carbocycles. The van der Waals surface area contributed by atoms with E-state index < -0.39 is 0 Å². The van der Waals surface area contributed by atoms with Crippen molar-refractivity contribution in [3.63, 3.8) is 0 Å². The molecule has 4 aliphatic rings. The molecule has 2 nitrogen and oxygen atoms in total. The lowest BCUT2D eigenvalue weighted by Gasteiger charge is -2.51. The zero-order chi connectivity index (χ0) is 14.3. The van der Waals surface area contributed by atoms with Crippen LogP contribution in [0.1, 0.15) is 71.1 Å². The fourth-order valence-corrected chi connectivity index (χ4v) is 5.25. The van der Waals surface area contributed by atoms with Gasteiger partial charge in [-0.2, -0.15) is 0 Å². The second-order valence-electron chi connectivity index (χ2n) is 8.76. The highest BCUT2D eigenvalue weighted by atomic mass is 15.3. The van der Waals surface area contributed by atoms with E-state index in [2.05, 4.69) is 17.1 Å². The van der Waals surface area contributed by atoms with Gasteiger partial charge in [-0.15, -0.1) is 0 Å². The first kappa shape index (κ1) is 14.5.